The smallest absolute Gasteiger partial charge is 0.376 e. The maximum absolute atomic E-state index is 11.1. The molecule has 0 aliphatic rings. The summed E-state index contributed by atoms with van der Waals surface area (Å²) in [6.07, 6.45) is 2.08. The van der Waals surface area contributed by atoms with Crippen molar-refractivity contribution in [3.8, 4) is 0 Å². The van der Waals surface area contributed by atoms with E-state index in [1.807, 2.05) is 0 Å². The van der Waals surface area contributed by atoms with E-state index in [1.54, 1.807) is 0 Å². The van der Waals surface area contributed by atoms with Gasteiger partial charge in [0.05, 0.1) is 6.17 Å². The molecule has 0 radical (unpaired) electrons. The van der Waals surface area contributed by atoms with Crippen LogP contribution in [0.3, 0.4) is 0 Å². The standard InChI is InChI=1S/C8H17NO4Si/c1-5-6-8(10)9-7-14(11-2,12-3)13-4/h5H,1,6-7H2,2-4H3,(H,9,10). The Hall–Kier alpha value is -0.693. The second-order valence-electron chi connectivity index (χ2n) is 2.56. The lowest BCUT2D eigenvalue weighted by atomic mass is 10.4. The van der Waals surface area contributed by atoms with Gasteiger partial charge in [-0.2, -0.15) is 0 Å². The Bertz CT molecular complexity index is 186. The van der Waals surface area contributed by atoms with E-state index in [4.69, 9.17) is 13.3 Å². The van der Waals surface area contributed by atoms with E-state index in [0.717, 1.165) is 0 Å². The fourth-order valence-corrected chi connectivity index (χ4v) is 2.22. The minimum Gasteiger partial charge on any atom is -0.376 e. The van der Waals surface area contributed by atoms with E-state index in [-0.39, 0.29) is 18.5 Å². The lowest BCUT2D eigenvalue weighted by Gasteiger charge is -2.24. The van der Waals surface area contributed by atoms with Crippen LogP contribution in [0.1, 0.15) is 6.42 Å². The molecule has 0 heterocycles. The average Bonchev–Trinajstić information content (AvgIpc) is 2.21. The molecule has 0 saturated heterocycles. The maximum Gasteiger partial charge on any atom is 0.520 e. The highest BCUT2D eigenvalue weighted by Crippen LogP contribution is 2.03. The van der Waals surface area contributed by atoms with Gasteiger partial charge in [0.1, 0.15) is 0 Å². The van der Waals surface area contributed by atoms with E-state index in [0.29, 0.717) is 0 Å². The van der Waals surface area contributed by atoms with Crippen LogP contribution in [-0.4, -0.2) is 42.2 Å². The summed E-state index contributed by atoms with van der Waals surface area (Å²) in [6, 6.07) is 0. The topological polar surface area (TPSA) is 56.8 Å². The molecule has 1 amide bonds. The first-order valence-electron chi connectivity index (χ1n) is 4.17. The zero-order chi connectivity index (χ0) is 11.0. The number of carbonyl (C=O) groups is 1. The van der Waals surface area contributed by atoms with Gasteiger partial charge in [-0.15, -0.1) is 6.58 Å². The monoisotopic (exact) mass is 219 g/mol. The summed E-state index contributed by atoms with van der Waals surface area (Å²) in [5.41, 5.74) is 0. The molecule has 6 heteroatoms. The van der Waals surface area contributed by atoms with Gasteiger partial charge in [-0.05, 0) is 0 Å². The van der Waals surface area contributed by atoms with Gasteiger partial charge in [0.25, 0.3) is 0 Å². The van der Waals surface area contributed by atoms with Gasteiger partial charge in [0.2, 0.25) is 5.91 Å². The van der Waals surface area contributed by atoms with E-state index >= 15 is 0 Å². The van der Waals surface area contributed by atoms with Crippen LogP contribution in [0.25, 0.3) is 0 Å². The van der Waals surface area contributed by atoms with Gasteiger partial charge in [-0.3, -0.25) is 4.79 Å². The summed E-state index contributed by atoms with van der Waals surface area (Å²) in [5.74, 6) is -0.122. The van der Waals surface area contributed by atoms with E-state index in [9.17, 15) is 4.79 Å². The van der Waals surface area contributed by atoms with Gasteiger partial charge < -0.3 is 18.6 Å². The van der Waals surface area contributed by atoms with Crippen molar-refractivity contribution >= 4 is 14.7 Å². The molecule has 0 unspecified atom stereocenters. The molecule has 0 aromatic heterocycles. The van der Waals surface area contributed by atoms with Crippen molar-refractivity contribution < 1.29 is 18.1 Å². The van der Waals surface area contributed by atoms with Crippen LogP contribution < -0.4 is 5.32 Å². The van der Waals surface area contributed by atoms with Gasteiger partial charge >= 0.3 is 8.80 Å². The number of rotatable bonds is 7. The lowest BCUT2D eigenvalue weighted by molar-refractivity contribution is -0.120. The fraction of sp³-hybridized carbons (Fsp3) is 0.625. The fourth-order valence-electron chi connectivity index (χ4n) is 0.877. The summed E-state index contributed by atoms with van der Waals surface area (Å²) in [6.45, 7) is 3.46. The average molecular weight is 219 g/mol. The second-order valence-corrected chi connectivity index (χ2v) is 5.51. The number of hydrogen-bond acceptors (Lipinski definition) is 4. The minimum absolute atomic E-state index is 0.122. The molecule has 0 aliphatic heterocycles. The Morgan fingerprint density at radius 1 is 1.36 bits per heavy atom. The van der Waals surface area contributed by atoms with Crippen molar-refractivity contribution in [1.82, 2.24) is 5.32 Å². The highest BCUT2D eigenvalue weighted by Gasteiger charge is 2.38. The van der Waals surface area contributed by atoms with Crippen LogP contribution in [0.15, 0.2) is 12.7 Å². The summed E-state index contributed by atoms with van der Waals surface area (Å²) in [7, 11) is 1.82. The molecule has 0 aromatic rings. The van der Waals surface area contributed by atoms with Gasteiger partial charge in [-0.1, -0.05) is 6.08 Å². The molecular formula is C8H17NO4Si. The molecule has 0 atom stereocenters. The van der Waals surface area contributed by atoms with Crippen molar-refractivity contribution in [2.24, 2.45) is 0 Å². The van der Waals surface area contributed by atoms with Gasteiger partial charge in [-0.25, -0.2) is 0 Å². The molecule has 1 N–H and O–H groups in total. The molecule has 5 nitrogen and oxygen atoms in total. The first-order valence-corrected chi connectivity index (χ1v) is 6.10. The molecule has 0 aromatic carbocycles. The molecule has 0 fully saturated rings. The van der Waals surface area contributed by atoms with E-state index in [2.05, 4.69) is 11.9 Å². The summed E-state index contributed by atoms with van der Waals surface area (Å²) >= 11 is 0. The lowest BCUT2D eigenvalue weighted by Crippen LogP contribution is -2.53. The summed E-state index contributed by atoms with van der Waals surface area (Å²) < 4.78 is 15.4. The van der Waals surface area contributed by atoms with E-state index in [1.165, 1.54) is 27.4 Å². The molecule has 14 heavy (non-hydrogen) atoms. The van der Waals surface area contributed by atoms with Gasteiger partial charge in [0, 0.05) is 27.8 Å². The number of hydrogen-bond donors (Lipinski definition) is 1. The van der Waals surface area contributed by atoms with Crippen LogP contribution in [0.5, 0.6) is 0 Å². The molecule has 0 bridgehead atoms. The predicted molar refractivity (Wildman–Crippen MR) is 54.6 cm³/mol. The van der Waals surface area contributed by atoms with Crippen LogP contribution >= 0.6 is 0 Å². The number of nitrogens with one attached hydrogen (secondary N) is 1. The zero-order valence-corrected chi connectivity index (χ0v) is 9.83. The van der Waals surface area contributed by atoms with Crippen molar-refractivity contribution in [1.29, 1.82) is 0 Å². The van der Waals surface area contributed by atoms with Crippen molar-refractivity contribution in [3.05, 3.63) is 12.7 Å². The number of amides is 1. The third kappa shape index (κ3) is 4.01. The Morgan fingerprint density at radius 2 is 1.86 bits per heavy atom. The molecule has 0 saturated carbocycles. The molecule has 0 spiro atoms. The Balaban J connectivity index is 4.05. The third-order valence-electron chi connectivity index (χ3n) is 1.76. The largest absolute Gasteiger partial charge is 0.520 e. The Labute approximate surface area is 85.4 Å². The molecule has 0 rings (SSSR count). The Morgan fingerprint density at radius 3 is 2.21 bits per heavy atom. The maximum atomic E-state index is 11.1. The second kappa shape index (κ2) is 6.72. The first kappa shape index (κ1) is 13.3. The van der Waals surface area contributed by atoms with Crippen molar-refractivity contribution in [3.63, 3.8) is 0 Å². The van der Waals surface area contributed by atoms with Gasteiger partial charge in [0.15, 0.2) is 0 Å². The minimum atomic E-state index is -2.68. The zero-order valence-electron chi connectivity index (χ0n) is 8.83. The molecule has 0 aliphatic carbocycles. The highest BCUT2D eigenvalue weighted by atomic mass is 28.4. The predicted octanol–water partition coefficient (Wildman–Crippen LogP) is 0.0960. The first-order chi connectivity index (χ1) is 6.64. The number of carbonyl (C=O) groups excluding carboxylic acids is 1. The van der Waals surface area contributed by atoms with Crippen LogP contribution in [0.2, 0.25) is 0 Å². The van der Waals surface area contributed by atoms with Crippen LogP contribution in [-0.2, 0) is 18.1 Å². The quantitative estimate of drug-likeness (QED) is 0.487. The third-order valence-corrected chi connectivity index (χ3v) is 4.24. The van der Waals surface area contributed by atoms with E-state index < -0.39 is 8.80 Å². The molecular weight excluding hydrogens is 202 g/mol. The van der Waals surface area contributed by atoms with Crippen LogP contribution in [0, 0.1) is 0 Å². The highest BCUT2D eigenvalue weighted by molar-refractivity contribution is 6.61. The van der Waals surface area contributed by atoms with Crippen LogP contribution in [0.4, 0.5) is 0 Å². The SMILES string of the molecule is C=CCC(=O)NC[Si](OC)(OC)OC. The Kier molecular flexibility index (Phi) is 6.38. The summed E-state index contributed by atoms with van der Waals surface area (Å²) in [4.78, 5) is 11.1. The summed E-state index contributed by atoms with van der Waals surface area (Å²) in [5, 5.41) is 2.65. The normalized spacial score (nSPS) is 11.1. The van der Waals surface area contributed by atoms with Crippen molar-refractivity contribution in [2.75, 3.05) is 27.5 Å². The molecule has 82 valence electrons. The van der Waals surface area contributed by atoms with Crippen molar-refractivity contribution in [2.45, 2.75) is 6.42 Å².